The molecule has 0 spiro atoms. The van der Waals surface area contributed by atoms with Gasteiger partial charge in [-0.2, -0.15) is 0 Å². The average molecular weight is 284 g/mol. The highest BCUT2D eigenvalue weighted by atomic mass is 16.5. The molecule has 0 radical (unpaired) electrons. The second kappa shape index (κ2) is 5.15. The van der Waals surface area contributed by atoms with E-state index in [9.17, 15) is 0 Å². The first-order valence-electron chi connectivity index (χ1n) is 7.73. The van der Waals surface area contributed by atoms with Crippen LogP contribution in [0.25, 0.3) is 0 Å². The second-order valence-corrected chi connectivity index (χ2v) is 5.94. The maximum absolute atomic E-state index is 6.06. The van der Waals surface area contributed by atoms with E-state index in [4.69, 9.17) is 10.5 Å². The molecular formula is C16H20N4O. The molecule has 5 heteroatoms. The number of rotatable bonds is 3. The van der Waals surface area contributed by atoms with E-state index in [1.807, 2.05) is 6.07 Å². The van der Waals surface area contributed by atoms with Gasteiger partial charge in [0.15, 0.2) is 5.82 Å². The van der Waals surface area contributed by atoms with Crippen molar-refractivity contribution >= 4 is 0 Å². The minimum atomic E-state index is 0.192. The zero-order valence-corrected chi connectivity index (χ0v) is 12.1. The number of ether oxygens (including phenoxy) is 1. The first-order chi connectivity index (χ1) is 10.3. The van der Waals surface area contributed by atoms with Crippen molar-refractivity contribution in [2.45, 2.75) is 51.3 Å². The highest BCUT2D eigenvalue weighted by Gasteiger charge is 2.20. The summed E-state index contributed by atoms with van der Waals surface area (Å²) < 4.78 is 8.11. The van der Waals surface area contributed by atoms with Gasteiger partial charge in [-0.05, 0) is 48.9 Å². The molecular weight excluding hydrogens is 264 g/mol. The summed E-state index contributed by atoms with van der Waals surface area (Å²) in [6, 6.07) is 6.42. The van der Waals surface area contributed by atoms with Gasteiger partial charge in [0.2, 0.25) is 0 Å². The van der Waals surface area contributed by atoms with Crippen molar-refractivity contribution in [2.75, 3.05) is 0 Å². The number of aryl methyl sites for hydroxylation is 2. The number of benzene rings is 1. The molecule has 2 aliphatic rings. The fourth-order valence-corrected chi connectivity index (χ4v) is 3.34. The monoisotopic (exact) mass is 284 g/mol. The number of hydrogen-bond donors (Lipinski definition) is 1. The van der Waals surface area contributed by atoms with Crippen molar-refractivity contribution in [3.63, 3.8) is 0 Å². The van der Waals surface area contributed by atoms with E-state index in [0.29, 0.717) is 6.61 Å². The highest BCUT2D eigenvalue weighted by Crippen LogP contribution is 2.32. The summed E-state index contributed by atoms with van der Waals surface area (Å²) in [5.41, 5.74) is 8.65. The van der Waals surface area contributed by atoms with Crippen molar-refractivity contribution in [2.24, 2.45) is 5.73 Å². The predicted molar refractivity (Wildman–Crippen MR) is 79.0 cm³/mol. The average Bonchev–Trinajstić information content (AvgIpc) is 3.09. The van der Waals surface area contributed by atoms with Gasteiger partial charge in [0.25, 0.3) is 0 Å². The van der Waals surface area contributed by atoms with Crippen LogP contribution in [0.2, 0.25) is 0 Å². The molecule has 1 atom stereocenters. The summed E-state index contributed by atoms with van der Waals surface area (Å²) in [6.45, 7) is 1.50. The van der Waals surface area contributed by atoms with E-state index < -0.39 is 0 Å². The lowest BCUT2D eigenvalue weighted by molar-refractivity contribution is 0.286. The lowest BCUT2D eigenvalue weighted by atomic mass is 10.1. The maximum Gasteiger partial charge on any atom is 0.171 e. The molecule has 2 aromatic rings. The van der Waals surface area contributed by atoms with Gasteiger partial charge in [-0.1, -0.05) is 6.07 Å². The van der Waals surface area contributed by atoms with Crippen molar-refractivity contribution in [1.82, 2.24) is 14.8 Å². The largest absolute Gasteiger partial charge is 0.486 e. The molecule has 0 unspecified atom stereocenters. The molecule has 5 nitrogen and oxygen atoms in total. The van der Waals surface area contributed by atoms with Crippen LogP contribution in [-0.2, 0) is 26.0 Å². The Morgan fingerprint density at radius 2 is 2.19 bits per heavy atom. The van der Waals surface area contributed by atoms with Crippen LogP contribution >= 0.6 is 0 Å². The van der Waals surface area contributed by atoms with Crippen LogP contribution in [0.5, 0.6) is 5.75 Å². The van der Waals surface area contributed by atoms with Crippen LogP contribution in [0.3, 0.4) is 0 Å². The van der Waals surface area contributed by atoms with Crippen LogP contribution < -0.4 is 10.5 Å². The quantitative estimate of drug-likeness (QED) is 0.937. The minimum absolute atomic E-state index is 0.192. The van der Waals surface area contributed by atoms with Gasteiger partial charge in [0, 0.05) is 19.0 Å². The molecule has 0 saturated heterocycles. The minimum Gasteiger partial charge on any atom is -0.486 e. The SMILES string of the molecule is N[C@H]1CCc2cc(OCc3nnc4n3CCCC4)ccc21. The molecule has 1 aromatic carbocycles. The summed E-state index contributed by atoms with van der Waals surface area (Å²) in [4.78, 5) is 0. The molecule has 1 aliphatic carbocycles. The molecule has 1 aromatic heterocycles. The molecule has 21 heavy (non-hydrogen) atoms. The normalized spacial score (nSPS) is 20.1. The van der Waals surface area contributed by atoms with Crippen LogP contribution in [0, 0.1) is 0 Å². The van der Waals surface area contributed by atoms with Gasteiger partial charge in [-0.3, -0.25) is 0 Å². The van der Waals surface area contributed by atoms with Crippen molar-refractivity contribution < 1.29 is 4.74 Å². The van der Waals surface area contributed by atoms with Crippen LogP contribution in [0.1, 0.15) is 48.1 Å². The number of nitrogens with zero attached hydrogens (tertiary/aromatic N) is 3. The highest BCUT2D eigenvalue weighted by molar-refractivity contribution is 5.40. The van der Waals surface area contributed by atoms with E-state index in [-0.39, 0.29) is 6.04 Å². The third-order valence-corrected chi connectivity index (χ3v) is 4.54. The zero-order chi connectivity index (χ0) is 14.2. The van der Waals surface area contributed by atoms with Gasteiger partial charge < -0.3 is 15.0 Å². The van der Waals surface area contributed by atoms with Crippen LogP contribution in [0.4, 0.5) is 0 Å². The van der Waals surface area contributed by atoms with Gasteiger partial charge in [0.1, 0.15) is 18.2 Å². The van der Waals surface area contributed by atoms with E-state index in [1.54, 1.807) is 0 Å². The Hall–Kier alpha value is -1.88. The second-order valence-electron chi connectivity index (χ2n) is 5.94. The lowest BCUT2D eigenvalue weighted by Gasteiger charge is -2.15. The Bertz CT molecular complexity index is 664. The first-order valence-corrected chi connectivity index (χ1v) is 7.73. The topological polar surface area (TPSA) is 66.0 Å². The summed E-state index contributed by atoms with van der Waals surface area (Å²) >= 11 is 0. The molecule has 4 rings (SSSR count). The molecule has 110 valence electrons. The fraction of sp³-hybridized carbons (Fsp3) is 0.500. The van der Waals surface area contributed by atoms with Crippen molar-refractivity contribution in [1.29, 1.82) is 0 Å². The third-order valence-electron chi connectivity index (χ3n) is 4.54. The van der Waals surface area contributed by atoms with E-state index >= 15 is 0 Å². The van der Waals surface area contributed by atoms with Crippen molar-refractivity contribution in [3.05, 3.63) is 41.0 Å². The predicted octanol–water partition coefficient (Wildman–Crippen LogP) is 2.14. The Balaban J connectivity index is 1.49. The molecule has 1 aliphatic heterocycles. The Morgan fingerprint density at radius 1 is 1.24 bits per heavy atom. The lowest BCUT2D eigenvalue weighted by Crippen LogP contribution is -2.14. The first kappa shape index (κ1) is 12.8. The van der Waals surface area contributed by atoms with Gasteiger partial charge >= 0.3 is 0 Å². The van der Waals surface area contributed by atoms with Gasteiger partial charge in [0.05, 0.1) is 0 Å². The summed E-state index contributed by atoms with van der Waals surface area (Å²) in [5.74, 6) is 2.93. The number of fused-ring (bicyclic) bond motifs is 2. The fourth-order valence-electron chi connectivity index (χ4n) is 3.34. The molecule has 2 heterocycles. The van der Waals surface area contributed by atoms with E-state index in [0.717, 1.165) is 43.2 Å². The van der Waals surface area contributed by atoms with E-state index in [1.165, 1.54) is 24.0 Å². The number of nitrogens with two attached hydrogens (primary N) is 1. The summed E-state index contributed by atoms with van der Waals surface area (Å²) in [6.07, 6.45) is 5.53. The van der Waals surface area contributed by atoms with E-state index in [2.05, 4.69) is 26.9 Å². The molecule has 0 amide bonds. The van der Waals surface area contributed by atoms with Gasteiger partial charge in [-0.15, -0.1) is 10.2 Å². The Morgan fingerprint density at radius 3 is 3.14 bits per heavy atom. The number of hydrogen-bond acceptors (Lipinski definition) is 4. The van der Waals surface area contributed by atoms with Crippen LogP contribution in [0.15, 0.2) is 18.2 Å². The van der Waals surface area contributed by atoms with Crippen LogP contribution in [-0.4, -0.2) is 14.8 Å². The smallest absolute Gasteiger partial charge is 0.171 e. The molecule has 0 bridgehead atoms. The summed E-state index contributed by atoms with van der Waals surface area (Å²) in [5, 5.41) is 8.52. The molecule has 0 saturated carbocycles. The maximum atomic E-state index is 6.06. The zero-order valence-electron chi connectivity index (χ0n) is 12.1. The standard InChI is InChI=1S/C16H20N4O/c17-14-7-4-11-9-12(5-6-13(11)14)21-10-16-19-18-15-3-1-2-8-20(15)16/h5-6,9,14H,1-4,7-8,10,17H2/t14-/m0/s1. The molecule has 2 N–H and O–H groups in total. The Labute approximate surface area is 124 Å². The third kappa shape index (κ3) is 2.31. The van der Waals surface area contributed by atoms with Crippen molar-refractivity contribution in [3.8, 4) is 5.75 Å². The summed E-state index contributed by atoms with van der Waals surface area (Å²) in [7, 11) is 0. The van der Waals surface area contributed by atoms with Gasteiger partial charge in [-0.25, -0.2) is 0 Å². The number of aromatic nitrogens is 3. The Kier molecular flexibility index (Phi) is 3.15. The molecule has 0 fully saturated rings.